The summed E-state index contributed by atoms with van der Waals surface area (Å²) in [7, 11) is -3.64. The molecule has 4 rings (SSSR count). The van der Waals surface area contributed by atoms with Gasteiger partial charge in [0, 0.05) is 38.3 Å². The number of anilines is 1. The molecule has 2 aliphatic rings. The molecule has 1 atom stereocenters. The number of hydrogen-bond donors (Lipinski definition) is 2. The van der Waals surface area contributed by atoms with Gasteiger partial charge in [0.25, 0.3) is 0 Å². The molecule has 2 N–H and O–H groups in total. The van der Waals surface area contributed by atoms with Gasteiger partial charge in [-0.05, 0) is 35.7 Å². The number of aryl methyl sites for hydroxylation is 1. The molecule has 0 aliphatic carbocycles. The van der Waals surface area contributed by atoms with Gasteiger partial charge in [0.2, 0.25) is 15.9 Å². The number of rotatable bonds is 6. The van der Waals surface area contributed by atoms with Crippen molar-refractivity contribution in [3.8, 4) is 0 Å². The number of hydrogen-bond acceptors (Lipinski definition) is 5. The van der Waals surface area contributed by atoms with Crippen molar-refractivity contribution in [2.75, 3.05) is 31.6 Å². The number of carbonyl (C=O) groups excluding carboxylic acids is 1. The summed E-state index contributed by atoms with van der Waals surface area (Å²) in [6.45, 7) is 3.13. The molecule has 1 amide bonds. The molecule has 7 nitrogen and oxygen atoms in total. The predicted molar refractivity (Wildman–Crippen MR) is 110 cm³/mol. The Morgan fingerprint density at radius 1 is 1.14 bits per heavy atom. The van der Waals surface area contributed by atoms with Crippen LogP contribution >= 0.6 is 0 Å². The van der Waals surface area contributed by atoms with Crippen molar-refractivity contribution in [3.05, 3.63) is 59.7 Å². The van der Waals surface area contributed by atoms with Crippen LogP contribution < -0.4 is 10.0 Å². The molecule has 2 heterocycles. The normalized spacial score (nSPS) is 20.1. The van der Waals surface area contributed by atoms with Gasteiger partial charge in [0.15, 0.2) is 0 Å². The number of nitrogens with one attached hydrogen (secondary N) is 2. The first-order chi connectivity index (χ1) is 14.0. The highest BCUT2D eigenvalue weighted by atomic mass is 32.2. The molecule has 0 aromatic heterocycles. The Morgan fingerprint density at radius 3 is 2.79 bits per heavy atom. The van der Waals surface area contributed by atoms with E-state index in [9.17, 15) is 13.2 Å². The minimum Gasteiger partial charge on any atom is -0.374 e. The van der Waals surface area contributed by atoms with E-state index in [1.165, 1.54) is 11.6 Å². The van der Waals surface area contributed by atoms with Gasteiger partial charge in [0.1, 0.15) is 0 Å². The first-order valence-electron chi connectivity index (χ1n) is 9.80. The lowest BCUT2D eigenvalue weighted by atomic mass is 10.0. The Balaban J connectivity index is 1.36. The van der Waals surface area contributed by atoms with Crippen molar-refractivity contribution in [3.63, 3.8) is 0 Å². The highest BCUT2D eigenvalue weighted by Gasteiger charge is 2.24. The summed E-state index contributed by atoms with van der Waals surface area (Å²) in [5, 5.41) is 2.77. The number of amides is 1. The zero-order valence-corrected chi connectivity index (χ0v) is 17.0. The van der Waals surface area contributed by atoms with E-state index in [0.717, 1.165) is 18.7 Å². The van der Waals surface area contributed by atoms with E-state index in [1.807, 2.05) is 18.2 Å². The Morgan fingerprint density at radius 2 is 1.97 bits per heavy atom. The second-order valence-electron chi connectivity index (χ2n) is 7.43. The summed E-state index contributed by atoms with van der Waals surface area (Å²) in [6.07, 6.45) is 0.723. The number of carbonyl (C=O) groups is 1. The van der Waals surface area contributed by atoms with Crippen molar-refractivity contribution >= 4 is 21.6 Å². The zero-order valence-electron chi connectivity index (χ0n) is 16.1. The standard InChI is InChI=1S/C21H25N3O4S/c25-21-9-6-17-12-19(7-8-20(17)23-21)29(26,27)22-13-18-15-24(10-11-28-18)14-16-4-2-1-3-5-16/h1-5,7-8,12,18,22H,6,9-11,13-15H2,(H,23,25). The summed E-state index contributed by atoms with van der Waals surface area (Å²) in [5.41, 5.74) is 2.76. The Hall–Kier alpha value is -2.26. The first-order valence-corrected chi connectivity index (χ1v) is 11.3. The number of nitrogens with zero attached hydrogens (tertiary/aromatic N) is 1. The molecule has 2 aliphatic heterocycles. The number of morpholine rings is 1. The third-order valence-electron chi connectivity index (χ3n) is 5.26. The molecule has 0 radical (unpaired) electrons. The molecule has 2 aromatic carbocycles. The second-order valence-corrected chi connectivity index (χ2v) is 9.20. The van der Waals surface area contributed by atoms with E-state index in [1.54, 1.807) is 12.1 Å². The number of fused-ring (bicyclic) bond motifs is 1. The number of benzene rings is 2. The van der Waals surface area contributed by atoms with Crippen LogP contribution in [0.15, 0.2) is 53.4 Å². The lowest BCUT2D eigenvalue weighted by Gasteiger charge is -2.33. The van der Waals surface area contributed by atoms with Crippen LogP contribution in [0.3, 0.4) is 0 Å². The summed E-state index contributed by atoms with van der Waals surface area (Å²) in [4.78, 5) is 14.0. The van der Waals surface area contributed by atoms with Crippen molar-refractivity contribution in [1.29, 1.82) is 0 Å². The Bertz CT molecular complexity index is 979. The lowest BCUT2D eigenvalue weighted by Crippen LogP contribution is -2.47. The number of sulfonamides is 1. The number of ether oxygens (including phenoxy) is 1. The quantitative estimate of drug-likeness (QED) is 0.751. The largest absolute Gasteiger partial charge is 0.374 e. The Labute approximate surface area is 171 Å². The maximum absolute atomic E-state index is 12.7. The molecular weight excluding hydrogens is 390 g/mol. The molecule has 29 heavy (non-hydrogen) atoms. The Kier molecular flexibility index (Phi) is 5.96. The van der Waals surface area contributed by atoms with Gasteiger partial charge in [-0.3, -0.25) is 9.69 Å². The maximum Gasteiger partial charge on any atom is 0.240 e. The van der Waals surface area contributed by atoms with Crippen LogP contribution in [0, 0.1) is 0 Å². The van der Waals surface area contributed by atoms with E-state index < -0.39 is 10.0 Å². The minimum atomic E-state index is -3.64. The van der Waals surface area contributed by atoms with Gasteiger partial charge >= 0.3 is 0 Å². The van der Waals surface area contributed by atoms with Gasteiger partial charge in [-0.2, -0.15) is 0 Å². The van der Waals surface area contributed by atoms with Crippen LogP contribution in [0.5, 0.6) is 0 Å². The molecule has 0 spiro atoms. The van der Waals surface area contributed by atoms with Crippen LogP contribution in [0.4, 0.5) is 5.69 Å². The molecule has 1 unspecified atom stereocenters. The fourth-order valence-electron chi connectivity index (χ4n) is 3.70. The fourth-order valence-corrected chi connectivity index (χ4v) is 4.82. The van der Waals surface area contributed by atoms with E-state index in [4.69, 9.17) is 4.74 Å². The van der Waals surface area contributed by atoms with Crippen molar-refractivity contribution in [1.82, 2.24) is 9.62 Å². The predicted octanol–water partition coefficient (Wildman–Crippen LogP) is 1.75. The van der Waals surface area contributed by atoms with Crippen LogP contribution in [-0.2, 0) is 32.5 Å². The van der Waals surface area contributed by atoms with Crippen molar-refractivity contribution in [2.24, 2.45) is 0 Å². The molecule has 0 saturated carbocycles. The van der Waals surface area contributed by atoms with Crippen LogP contribution in [-0.4, -0.2) is 51.6 Å². The van der Waals surface area contributed by atoms with Gasteiger partial charge in [0.05, 0.1) is 17.6 Å². The highest BCUT2D eigenvalue weighted by molar-refractivity contribution is 7.89. The van der Waals surface area contributed by atoms with Gasteiger partial charge in [-0.15, -0.1) is 0 Å². The van der Waals surface area contributed by atoms with Gasteiger partial charge in [-0.1, -0.05) is 30.3 Å². The maximum atomic E-state index is 12.7. The SMILES string of the molecule is O=C1CCc2cc(S(=O)(=O)NCC3CN(Cc4ccccc4)CCO3)ccc2N1. The third kappa shape index (κ3) is 5.02. The van der Waals surface area contributed by atoms with E-state index in [0.29, 0.717) is 31.7 Å². The molecule has 0 bridgehead atoms. The smallest absolute Gasteiger partial charge is 0.240 e. The summed E-state index contributed by atoms with van der Waals surface area (Å²) < 4.78 is 33.9. The third-order valence-corrected chi connectivity index (χ3v) is 6.68. The molecule has 1 fully saturated rings. The average molecular weight is 416 g/mol. The zero-order chi connectivity index (χ0) is 20.3. The van der Waals surface area contributed by atoms with Crippen LogP contribution in [0.2, 0.25) is 0 Å². The van der Waals surface area contributed by atoms with E-state index in [2.05, 4.69) is 27.1 Å². The summed E-state index contributed by atoms with van der Waals surface area (Å²) >= 11 is 0. The van der Waals surface area contributed by atoms with Crippen LogP contribution in [0.25, 0.3) is 0 Å². The fraction of sp³-hybridized carbons (Fsp3) is 0.381. The molecule has 2 aromatic rings. The summed E-state index contributed by atoms with van der Waals surface area (Å²) in [6, 6.07) is 15.0. The molecule has 8 heteroatoms. The molecule has 154 valence electrons. The topological polar surface area (TPSA) is 87.7 Å². The monoisotopic (exact) mass is 415 g/mol. The van der Waals surface area contributed by atoms with E-state index in [-0.39, 0.29) is 23.5 Å². The molecular formula is C21H25N3O4S. The average Bonchev–Trinajstić information content (AvgIpc) is 2.73. The molecule has 1 saturated heterocycles. The van der Waals surface area contributed by atoms with Crippen molar-refractivity contribution in [2.45, 2.75) is 30.4 Å². The summed E-state index contributed by atoms with van der Waals surface area (Å²) in [5.74, 6) is -0.0410. The highest BCUT2D eigenvalue weighted by Crippen LogP contribution is 2.25. The van der Waals surface area contributed by atoms with Gasteiger partial charge in [-0.25, -0.2) is 13.1 Å². The van der Waals surface area contributed by atoms with Gasteiger partial charge < -0.3 is 10.1 Å². The first kappa shape index (κ1) is 20.0. The minimum absolute atomic E-state index is 0.0410. The van der Waals surface area contributed by atoms with E-state index >= 15 is 0 Å². The van der Waals surface area contributed by atoms with Crippen LogP contribution in [0.1, 0.15) is 17.5 Å². The lowest BCUT2D eigenvalue weighted by molar-refractivity contribution is -0.116. The second kappa shape index (κ2) is 8.62. The van der Waals surface area contributed by atoms with Crippen molar-refractivity contribution < 1.29 is 17.9 Å².